The fourth-order valence-electron chi connectivity index (χ4n) is 1.05. The Morgan fingerprint density at radius 3 is 3.00 bits per heavy atom. The molecule has 82 valence electrons. The average Bonchev–Trinajstić information content (AvgIpc) is 2.74. The van der Waals surface area contributed by atoms with Crippen LogP contribution in [0.15, 0.2) is 33.7 Å². The average molecular weight is 303 g/mol. The summed E-state index contributed by atoms with van der Waals surface area (Å²) in [6, 6.07) is 1.58. The summed E-state index contributed by atoms with van der Waals surface area (Å²) in [6.07, 6.45) is 4.22. The van der Waals surface area contributed by atoms with Gasteiger partial charge in [-0.05, 0) is 22.0 Å². The van der Waals surface area contributed by atoms with Gasteiger partial charge in [-0.3, -0.25) is 4.79 Å². The van der Waals surface area contributed by atoms with Gasteiger partial charge in [0.2, 0.25) is 0 Å². The van der Waals surface area contributed by atoms with E-state index in [0.29, 0.717) is 10.2 Å². The molecule has 0 unspecified atom stereocenters. The van der Waals surface area contributed by atoms with Crippen molar-refractivity contribution in [1.29, 1.82) is 0 Å². The van der Waals surface area contributed by atoms with E-state index < -0.39 is 0 Å². The van der Waals surface area contributed by atoms with Gasteiger partial charge in [-0.2, -0.15) is 0 Å². The predicted octanol–water partition coefficient (Wildman–Crippen LogP) is 2.74. The van der Waals surface area contributed by atoms with E-state index in [-0.39, 0.29) is 16.6 Å². The number of rotatable bonds is 2. The Balaban J connectivity index is 2.24. The van der Waals surface area contributed by atoms with Crippen LogP contribution in [0.1, 0.15) is 10.4 Å². The minimum Gasteiger partial charge on any atom is -0.363 e. The minimum absolute atomic E-state index is 0.136. The second-order valence-electron chi connectivity index (χ2n) is 2.86. The Kier molecular flexibility index (Phi) is 3.21. The molecule has 2 aromatic heterocycles. The van der Waals surface area contributed by atoms with Gasteiger partial charge >= 0.3 is 0 Å². The van der Waals surface area contributed by atoms with Crippen molar-refractivity contribution in [2.75, 3.05) is 5.32 Å². The smallest absolute Gasteiger partial charge is 0.258 e. The van der Waals surface area contributed by atoms with E-state index in [4.69, 9.17) is 11.6 Å². The van der Waals surface area contributed by atoms with E-state index in [1.165, 1.54) is 18.7 Å². The van der Waals surface area contributed by atoms with Crippen LogP contribution in [0.3, 0.4) is 0 Å². The summed E-state index contributed by atoms with van der Waals surface area (Å²) in [7, 11) is 0. The van der Waals surface area contributed by atoms with E-state index in [2.05, 4.69) is 35.9 Å². The Morgan fingerprint density at radius 2 is 2.31 bits per heavy atom. The Labute approximate surface area is 104 Å². The number of anilines is 1. The Morgan fingerprint density at radius 1 is 1.50 bits per heavy atom. The van der Waals surface area contributed by atoms with Gasteiger partial charge in [-0.1, -0.05) is 16.8 Å². The first kappa shape index (κ1) is 11.1. The van der Waals surface area contributed by atoms with Crippen LogP contribution < -0.4 is 5.32 Å². The molecule has 0 spiro atoms. The molecule has 0 aromatic carbocycles. The Bertz CT molecular complexity index is 515. The highest BCUT2D eigenvalue weighted by Crippen LogP contribution is 2.19. The van der Waals surface area contributed by atoms with E-state index >= 15 is 0 Å². The number of carbonyl (C=O) groups excluding carboxylic acids is 1. The van der Waals surface area contributed by atoms with Gasteiger partial charge in [-0.25, -0.2) is 4.98 Å². The van der Waals surface area contributed by atoms with Crippen molar-refractivity contribution in [2.24, 2.45) is 0 Å². The number of amides is 1. The van der Waals surface area contributed by atoms with Crippen LogP contribution in [0.25, 0.3) is 0 Å². The molecule has 2 heterocycles. The summed E-state index contributed by atoms with van der Waals surface area (Å²) in [5, 5.41) is 6.16. The highest BCUT2D eigenvalue weighted by Gasteiger charge is 2.12. The third-order valence-corrected chi connectivity index (χ3v) is 2.48. The summed E-state index contributed by atoms with van der Waals surface area (Å²) >= 11 is 9.01. The normalized spacial score (nSPS) is 10.1. The van der Waals surface area contributed by atoms with Crippen LogP contribution in [-0.4, -0.2) is 16.0 Å². The largest absolute Gasteiger partial charge is 0.363 e. The van der Waals surface area contributed by atoms with Crippen molar-refractivity contribution in [1.82, 2.24) is 10.1 Å². The standard InChI is InChI=1S/C9H5BrClN3O2/c10-5-1-7(8(11)12-2-5)9(15)14-6-3-13-16-4-6/h1-4H,(H,14,15). The summed E-state index contributed by atoms with van der Waals surface area (Å²) in [4.78, 5) is 15.6. The Hall–Kier alpha value is -1.40. The number of nitrogens with zero attached hydrogens (tertiary/aromatic N) is 2. The molecule has 1 amide bonds. The second kappa shape index (κ2) is 4.63. The molecule has 5 nitrogen and oxygen atoms in total. The lowest BCUT2D eigenvalue weighted by molar-refractivity contribution is 0.102. The zero-order chi connectivity index (χ0) is 11.5. The maximum Gasteiger partial charge on any atom is 0.258 e. The third-order valence-electron chi connectivity index (χ3n) is 1.74. The number of hydrogen-bond donors (Lipinski definition) is 1. The van der Waals surface area contributed by atoms with Gasteiger partial charge in [0.1, 0.15) is 17.1 Å². The fourth-order valence-corrected chi connectivity index (χ4v) is 1.57. The molecule has 7 heteroatoms. The first-order valence-corrected chi connectivity index (χ1v) is 5.35. The lowest BCUT2D eigenvalue weighted by Crippen LogP contribution is -2.12. The zero-order valence-corrected chi connectivity index (χ0v) is 10.1. The van der Waals surface area contributed by atoms with Crippen molar-refractivity contribution in [2.45, 2.75) is 0 Å². The highest BCUT2D eigenvalue weighted by atomic mass is 79.9. The molecule has 0 aliphatic rings. The molecule has 0 saturated heterocycles. The number of aromatic nitrogens is 2. The molecule has 16 heavy (non-hydrogen) atoms. The van der Waals surface area contributed by atoms with E-state index in [1.807, 2.05) is 0 Å². The predicted molar refractivity (Wildman–Crippen MR) is 61.4 cm³/mol. The van der Waals surface area contributed by atoms with Crippen LogP contribution in [0.2, 0.25) is 5.15 Å². The van der Waals surface area contributed by atoms with Gasteiger partial charge < -0.3 is 9.84 Å². The molecule has 0 aliphatic heterocycles. The molecule has 0 aliphatic carbocycles. The van der Waals surface area contributed by atoms with Crippen molar-refractivity contribution in [3.8, 4) is 0 Å². The molecule has 0 saturated carbocycles. The summed E-state index contributed by atoms with van der Waals surface area (Å²) in [6.45, 7) is 0. The van der Waals surface area contributed by atoms with Crippen LogP contribution in [0.5, 0.6) is 0 Å². The lowest BCUT2D eigenvalue weighted by atomic mass is 10.2. The SMILES string of the molecule is O=C(Nc1cnoc1)c1cc(Br)cnc1Cl. The molecular formula is C9H5BrClN3O2. The van der Waals surface area contributed by atoms with Crippen molar-refractivity contribution >= 4 is 39.1 Å². The zero-order valence-electron chi connectivity index (χ0n) is 7.78. The third kappa shape index (κ3) is 2.40. The molecular weight excluding hydrogens is 297 g/mol. The quantitative estimate of drug-likeness (QED) is 0.866. The van der Waals surface area contributed by atoms with Crippen LogP contribution >= 0.6 is 27.5 Å². The van der Waals surface area contributed by atoms with Gasteiger partial charge in [0.25, 0.3) is 5.91 Å². The summed E-state index contributed by atoms with van der Waals surface area (Å²) in [5.74, 6) is -0.373. The maximum absolute atomic E-state index is 11.8. The lowest BCUT2D eigenvalue weighted by Gasteiger charge is -2.03. The number of halogens is 2. The summed E-state index contributed by atoms with van der Waals surface area (Å²) in [5.41, 5.74) is 0.735. The monoisotopic (exact) mass is 301 g/mol. The van der Waals surface area contributed by atoms with Crippen LogP contribution in [0, 0.1) is 0 Å². The number of hydrogen-bond acceptors (Lipinski definition) is 4. The topological polar surface area (TPSA) is 68.0 Å². The van der Waals surface area contributed by atoms with Crippen molar-refractivity contribution < 1.29 is 9.32 Å². The van der Waals surface area contributed by atoms with Gasteiger partial charge in [-0.15, -0.1) is 0 Å². The molecule has 0 radical (unpaired) electrons. The summed E-state index contributed by atoms with van der Waals surface area (Å²) < 4.78 is 5.26. The molecule has 2 rings (SSSR count). The molecule has 1 N–H and O–H groups in total. The van der Waals surface area contributed by atoms with Gasteiger partial charge in [0.15, 0.2) is 0 Å². The van der Waals surface area contributed by atoms with Gasteiger partial charge in [0.05, 0.1) is 11.8 Å². The first-order chi connectivity index (χ1) is 7.66. The molecule has 0 atom stereocenters. The van der Waals surface area contributed by atoms with Crippen molar-refractivity contribution in [3.05, 3.63) is 39.9 Å². The van der Waals surface area contributed by atoms with Crippen LogP contribution in [-0.2, 0) is 0 Å². The van der Waals surface area contributed by atoms with E-state index in [1.54, 1.807) is 6.07 Å². The van der Waals surface area contributed by atoms with Gasteiger partial charge in [0, 0.05) is 10.7 Å². The van der Waals surface area contributed by atoms with Crippen molar-refractivity contribution in [3.63, 3.8) is 0 Å². The number of carbonyl (C=O) groups is 1. The van der Waals surface area contributed by atoms with E-state index in [0.717, 1.165) is 0 Å². The van der Waals surface area contributed by atoms with Crippen LogP contribution in [0.4, 0.5) is 5.69 Å². The minimum atomic E-state index is -0.373. The molecule has 2 aromatic rings. The maximum atomic E-state index is 11.8. The highest BCUT2D eigenvalue weighted by molar-refractivity contribution is 9.10. The fraction of sp³-hybridized carbons (Fsp3) is 0. The number of pyridine rings is 1. The molecule has 0 bridgehead atoms. The number of nitrogens with one attached hydrogen (secondary N) is 1. The first-order valence-electron chi connectivity index (χ1n) is 4.18. The second-order valence-corrected chi connectivity index (χ2v) is 4.13. The van der Waals surface area contributed by atoms with E-state index in [9.17, 15) is 4.79 Å². The molecule has 0 fully saturated rings.